The van der Waals surface area contributed by atoms with E-state index in [1.54, 1.807) is 13.8 Å². The number of ether oxygens (including phenoxy) is 1. The largest absolute Gasteiger partial charge is 0.387 e. The first kappa shape index (κ1) is 25.9. The summed E-state index contributed by atoms with van der Waals surface area (Å²) in [5.41, 5.74) is -1.57. The highest BCUT2D eigenvalue weighted by atomic mass is 31.2. The standard InChI is InChI=1S/C17H27N4O10P/c1-3-29-32(28,30-4-2)8-6-18-11(23)9-19-15(26)14-12(24)13(25)16(31-14)21-7-5-10(22)20-17(21)27/h5,7,12-14,16,24-25H,3-4,6,8-9H2,1-2H3,(H,18,23)(H,19,26)(H,20,22,27)/t12-,13+,14+,16-/m1/s1. The van der Waals surface area contributed by atoms with Crippen molar-refractivity contribution in [3.05, 3.63) is 33.1 Å². The molecule has 2 amide bonds. The third kappa shape index (κ3) is 6.58. The van der Waals surface area contributed by atoms with Crippen molar-refractivity contribution in [3.63, 3.8) is 0 Å². The molecule has 1 aromatic heterocycles. The van der Waals surface area contributed by atoms with Gasteiger partial charge in [-0.3, -0.25) is 28.5 Å². The lowest BCUT2D eigenvalue weighted by molar-refractivity contribution is -0.139. The van der Waals surface area contributed by atoms with Gasteiger partial charge < -0.3 is 34.6 Å². The van der Waals surface area contributed by atoms with Crippen LogP contribution in [0.15, 0.2) is 21.9 Å². The van der Waals surface area contributed by atoms with E-state index in [0.29, 0.717) is 0 Å². The number of nitrogens with one attached hydrogen (secondary N) is 3. The van der Waals surface area contributed by atoms with Crippen molar-refractivity contribution in [2.75, 3.05) is 32.5 Å². The van der Waals surface area contributed by atoms with E-state index in [4.69, 9.17) is 13.8 Å². The van der Waals surface area contributed by atoms with Gasteiger partial charge in [0, 0.05) is 18.8 Å². The van der Waals surface area contributed by atoms with E-state index in [0.717, 1.165) is 16.8 Å². The van der Waals surface area contributed by atoms with Crippen molar-refractivity contribution in [1.29, 1.82) is 0 Å². The summed E-state index contributed by atoms with van der Waals surface area (Å²) in [5, 5.41) is 25.0. The summed E-state index contributed by atoms with van der Waals surface area (Å²) in [4.78, 5) is 49.3. The molecule has 2 rings (SSSR count). The van der Waals surface area contributed by atoms with Crippen LogP contribution in [0.4, 0.5) is 0 Å². The number of hydrogen-bond donors (Lipinski definition) is 5. The summed E-state index contributed by atoms with van der Waals surface area (Å²) in [6.45, 7) is 3.18. The number of rotatable bonds is 11. The van der Waals surface area contributed by atoms with Gasteiger partial charge in [0.15, 0.2) is 12.3 Å². The van der Waals surface area contributed by atoms with E-state index in [1.165, 1.54) is 0 Å². The molecule has 0 aliphatic carbocycles. The van der Waals surface area contributed by atoms with Crippen LogP contribution >= 0.6 is 7.60 Å². The van der Waals surface area contributed by atoms with Crippen molar-refractivity contribution in [3.8, 4) is 0 Å². The minimum absolute atomic E-state index is 0.0234. The molecule has 4 atom stereocenters. The zero-order valence-electron chi connectivity index (χ0n) is 17.6. The van der Waals surface area contributed by atoms with Crippen LogP contribution in [0, 0.1) is 0 Å². The van der Waals surface area contributed by atoms with Gasteiger partial charge in [-0.15, -0.1) is 0 Å². The molecule has 1 saturated heterocycles. The molecule has 0 aromatic carbocycles. The fourth-order valence-corrected chi connectivity index (χ4v) is 4.46. The Morgan fingerprint density at radius 1 is 1.19 bits per heavy atom. The normalized spacial score (nSPS) is 23.1. The van der Waals surface area contributed by atoms with Crippen molar-refractivity contribution in [2.45, 2.75) is 38.4 Å². The maximum atomic E-state index is 12.3. The second kappa shape index (κ2) is 11.5. The molecule has 5 N–H and O–H groups in total. The van der Waals surface area contributed by atoms with Crippen molar-refractivity contribution in [2.24, 2.45) is 0 Å². The minimum atomic E-state index is -3.32. The van der Waals surface area contributed by atoms with Crippen LogP contribution in [-0.2, 0) is 27.9 Å². The van der Waals surface area contributed by atoms with Crippen molar-refractivity contribution < 1.29 is 38.2 Å². The number of amides is 2. The summed E-state index contributed by atoms with van der Waals surface area (Å²) in [5.74, 6) is -1.51. The second-order valence-corrected chi connectivity index (χ2v) is 8.87. The zero-order chi connectivity index (χ0) is 23.9. The van der Waals surface area contributed by atoms with Crippen LogP contribution in [0.3, 0.4) is 0 Å². The lowest BCUT2D eigenvalue weighted by Gasteiger charge is -2.17. The van der Waals surface area contributed by atoms with Gasteiger partial charge in [-0.25, -0.2) is 4.79 Å². The smallest absolute Gasteiger partial charge is 0.332 e. The third-order valence-electron chi connectivity index (χ3n) is 4.40. The van der Waals surface area contributed by atoms with Gasteiger partial charge in [-0.2, -0.15) is 0 Å². The van der Waals surface area contributed by atoms with Crippen molar-refractivity contribution >= 4 is 19.4 Å². The molecule has 0 unspecified atom stereocenters. The second-order valence-electron chi connectivity index (χ2n) is 6.68. The number of aliphatic hydroxyl groups excluding tert-OH is 2. The molecule has 1 aliphatic heterocycles. The molecule has 2 heterocycles. The number of carbonyl (C=O) groups excluding carboxylic acids is 2. The third-order valence-corrected chi connectivity index (χ3v) is 6.48. The fourth-order valence-electron chi connectivity index (χ4n) is 2.96. The monoisotopic (exact) mass is 478 g/mol. The molecule has 0 bridgehead atoms. The Morgan fingerprint density at radius 2 is 1.84 bits per heavy atom. The maximum Gasteiger partial charge on any atom is 0.332 e. The molecule has 180 valence electrons. The molecular weight excluding hydrogens is 451 g/mol. The predicted molar refractivity (Wildman–Crippen MR) is 109 cm³/mol. The Hall–Kier alpha value is -2.35. The Morgan fingerprint density at radius 3 is 2.44 bits per heavy atom. The van der Waals surface area contributed by atoms with E-state index in [-0.39, 0.29) is 25.9 Å². The van der Waals surface area contributed by atoms with Gasteiger partial charge >= 0.3 is 13.3 Å². The van der Waals surface area contributed by atoms with Crippen molar-refractivity contribution in [1.82, 2.24) is 20.2 Å². The Bertz CT molecular complexity index is 953. The van der Waals surface area contributed by atoms with E-state index < -0.39 is 61.7 Å². The Balaban J connectivity index is 1.87. The molecule has 1 fully saturated rings. The summed E-state index contributed by atoms with van der Waals surface area (Å²) >= 11 is 0. The Labute approximate surface area is 182 Å². The summed E-state index contributed by atoms with van der Waals surface area (Å²) < 4.78 is 28.6. The maximum absolute atomic E-state index is 12.3. The zero-order valence-corrected chi connectivity index (χ0v) is 18.4. The van der Waals surface area contributed by atoms with Gasteiger partial charge in [0.25, 0.3) is 11.5 Å². The van der Waals surface area contributed by atoms with Gasteiger partial charge in [0.2, 0.25) is 5.91 Å². The molecule has 1 aliphatic rings. The van der Waals surface area contributed by atoms with Crippen LogP contribution in [0.1, 0.15) is 20.1 Å². The number of nitrogens with zero attached hydrogens (tertiary/aromatic N) is 1. The van der Waals surface area contributed by atoms with E-state index in [2.05, 4.69) is 10.6 Å². The average Bonchev–Trinajstić information content (AvgIpc) is 3.01. The highest BCUT2D eigenvalue weighted by Crippen LogP contribution is 2.47. The van der Waals surface area contributed by atoms with Gasteiger partial charge in [-0.05, 0) is 13.8 Å². The molecule has 0 radical (unpaired) electrons. The number of carbonyl (C=O) groups is 2. The number of aromatic nitrogens is 2. The topological polar surface area (TPSA) is 198 Å². The highest BCUT2D eigenvalue weighted by molar-refractivity contribution is 7.53. The fraction of sp³-hybridized carbons (Fsp3) is 0.647. The lowest BCUT2D eigenvalue weighted by atomic mass is 10.1. The van der Waals surface area contributed by atoms with Crippen LogP contribution in [-0.4, -0.2) is 82.4 Å². The summed E-state index contributed by atoms with van der Waals surface area (Å²) in [7, 11) is -3.32. The van der Waals surface area contributed by atoms with E-state index in [9.17, 15) is 34.0 Å². The molecular formula is C17H27N4O10P. The SMILES string of the molecule is CCOP(=O)(CCNC(=O)CNC(=O)[C@H]1O[C@@H](n2ccc(=O)[nH]c2=O)[C@@H](O)[C@H]1O)OCC. The summed E-state index contributed by atoms with van der Waals surface area (Å²) in [6, 6.07) is 1.01. The molecule has 15 heteroatoms. The van der Waals surface area contributed by atoms with Gasteiger partial charge in [0.05, 0.1) is 25.9 Å². The average molecular weight is 478 g/mol. The first-order valence-electron chi connectivity index (χ1n) is 9.87. The van der Waals surface area contributed by atoms with Gasteiger partial charge in [-0.1, -0.05) is 0 Å². The molecule has 0 spiro atoms. The first-order chi connectivity index (χ1) is 15.1. The highest BCUT2D eigenvalue weighted by Gasteiger charge is 2.47. The van der Waals surface area contributed by atoms with Gasteiger partial charge in [0.1, 0.15) is 12.2 Å². The van der Waals surface area contributed by atoms with Crippen LogP contribution in [0.25, 0.3) is 0 Å². The molecule has 1 aromatic rings. The summed E-state index contributed by atoms with van der Waals surface area (Å²) in [6.07, 6.45) is -5.33. The van der Waals surface area contributed by atoms with E-state index in [1.807, 2.05) is 4.98 Å². The number of aliphatic hydroxyl groups is 2. The van der Waals surface area contributed by atoms with E-state index >= 15 is 0 Å². The van der Waals surface area contributed by atoms with Crippen LogP contribution < -0.4 is 21.9 Å². The number of aromatic amines is 1. The first-order valence-corrected chi connectivity index (χ1v) is 11.6. The lowest BCUT2D eigenvalue weighted by Crippen LogP contribution is -2.46. The minimum Gasteiger partial charge on any atom is -0.387 e. The molecule has 14 nitrogen and oxygen atoms in total. The van der Waals surface area contributed by atoms with Crippen LogP contribution in [0.5, 0.6) is 0 Å². The Kier molecular flexibility index (Phi) is 9.31. The number of hydrogen-bond acceptors (Lipinski definition) is 10. The molecule has 32 heavy (non-hydrogen) atoms. The predicted octanol–water partition coefficient (Wildman–Crippen LogP) is -2.35. The molecule has 0 saturated carbocycles. The van der Waals surface area contributed by atoms with Crippen LogP contribution in [0.2, 0.25) is 0 Å². The number of H-pyrrole nitrogens is 1. The quantitative estimate of drug-likeness (QED) is 0.215.